The molecular weight excluding hydrogens is 296 g/mol. The van der Waals surface area contributed by atoms with Gasteiger partial charge in [-0.1, -0.05) is 0 Å². The fraction of sp³-hybridized carbons (Fsp3) is 0. The second kappa shape index (κ2) is 3.89. The summed E-state index contributed by atoms with van der Waals surface area (Å²) in [5.74, 6) is 0.181. The summed E-state index contributed by atoms with van der Waals surface area (Å²) in [4.78, 5) is 0. The van der Waals surface area contributed by atoms with Crippen LogP contribution in [0, 0.1) is 0 Å². The van der Waals surface area contributed by atoms with Crippen LogP contribution in [-0.2, 0) is 0 Å². The maximum absolute atomic E-state index is 10.6. The van der Waals surface area contributed by atoms with Crippen LogP contribution in [0.25, 0.3) is 43.7 Å². The number of phenols is 3. The van der Waals surface area contributed by atoms with Gasteiger partial charge in [0.25, 0.3) is 0 Å². The SMILES string of the molecule is Oc1ccc(O)c2cc3c(cc12)oc1cc2occc2c(O)c13. The van der Waals surface area contributed by atoms with E-state index in [0.717, 1.165) is 0 Å². The van der Waals surface area contributed by atoms with Crippen molar-refractivity contribution in [3.8, 4) is 17.2 Å². The molecule has 2 heterocycles. The fourth-order valence-corrected chi connectivity index (χ4v) is 3.15. The van der Waals surface area contributed by atoms with Crippen molar-refractivity contribution in [2.24, 2.45) is 0 Å². The van der Waals surface area contributed by atoms with E-state index >= 15 is 0 Å². The summed E-state index contributed by atoms with van der Waals surface area (Å²) in [7, 11) is 0. The third-order valence-corrected chi connectivity index (χ3v) is 4.26. The zero-order valence-electron chi connectivity index (χ0n) is 11.7. The molecule has 112 valence electrons. The van der Waals surface area contributed by atoms with E-state index < -0.39 is 0 Å². The maximum atomic E-state index is 10.6. The summed E-state index contributed by atoms with van der Waals surface area (Å²) in [6.07, 6.45) is 1.50. The van der Waals surface area contributed by atoms with E-state index in [1.165, 1.54) is 18.4 Å². The Balaban J connectivity index is 2.06. The first-order chi connectivity index (χ1) is 11.1. The Morgan fingerprint density at radius 3 is 2.17 bits per heavy atom. The highest BCUT2D eigenvalue weighted by molar-refractivity contribution is 6.17. The van der Waals surface area contributed by atoms with Gasteiger partial charge in [0.1, 0.15) is 34.0 Å². The lowest BCUT2D eigenvalue weighted by Crippen LogP contribution is -1.77. The van der Waals surface area contributed by atoms with Gasteiger partial charge in [0.2, 0.25) is 0 Å². The average Bonchev–Trinajstić information content (AvgIpc) is 3.14. The molecule has 0 saturated heterocycles. The van der Waals surface area contributed by atoms with Crippen molar-refractivity contribution < 1.29 is 24.2 Å². The van der Waals surface area contributed by atoms with E-state index in [0.29, 0.717) is 43.7 Å². The second-order valence-corrected chi connectivity index (χ2v) is 5.53. The number of hydrogen-bond acceptors (Lipinski definition) is 5. The van der Waals surface area contributed by atoms with E-state index in [1.54, 1.807) is 24.3 Å². The smallest absolute Gasteiger partial charge is 0.142 e. The van der Waals surface area contributed by atoms with Crippen molar-refractivity contribution in [1.82, 2.24) is 0 Å². The van der Waals surface area contributed by atoms with Crippen molar-refractivity contribution in [3.05, 3.63) is 42.7 Å². The molecule has 5 nitrogen and oxygen atoms in total. The Morgan fingerprint density at radius 2 is 1.39 bits per heavy atom. The summed E-state index contributed by atoms with van der Waals surface area (Å²) in [5, 5.41) is 33.4. The fourth-order valence-electron chi connectivity index (χ4n) is 3.15. The average molecular weight is 306 g/mol. The molecule has 0 spiro atoms. The quantitative estimate of drug-likeness (QED) is 0.364. The van der Waals surface area contributed by atoms with E-state index in [9.17, 15) is 15.3 Å². The van der Waals surface area contributed by atoms with Gasteiger partial charge in [-0.25, -0.2) is 0 Å². The van der Waals surface area contributed by atoms with Crippen molar-refractivity contribution in [3.63, 3.8) is 0 Å². The number of benzene rings is 3. The molecule has 3 aromatic carbocycles. The minimum absolute atomic E-state index is 0.0536. The molecule has 0 bridgehead atoms. The van der Waals surface area contributed by atoms with E-state index in [4.69, 9.17) is 8.83 Å². The Bertz CT molecular complexity index is 1240. The number of fused-ring (bicyclic) bond motifs is 5. The molecule has 0 saturated carbocycles. The molecular formula is C18H10O5. The predicted octanol–water partition coefficient (Wildman–Crippen LogP) is 4.60. The van der Waals surface area contributed by atoms with Crippen LogP contribution >= 0.6 is 0 Å². The first kappa shape index (κ1) is 12.2. The normalized spacial score (nSPS) is 12.0. The van der Waals surface area contributed by atoms with Gasteiger partial charge in [-0.3, -0.25) is 0 Å². The minimum atomic E-state index is 0.0536. The molecule has 5 heteroatoms. The van der Waals surface area contributed by atoms with Crippen molar-refractivity contribution in [2.75, 3.05) is 0 Å². The summed E-state index contributed by atoms with van der Waals surface area (Å²) in [5.41, 5.74) is 1.52. The lowest BCUT2D eigenvalue weighted by atomic mass is 10.0. The van der Waals surface area contributed by atoms with Gasteiger partial charge >= 0.3 is 0 Å². The van der Waals surface area contributed by atoms with Crippen LogP contribution in [0.5, 0.6) is 17.2 Å². The van der Waals surface area contributed by atoms with E-state index in [-0.39, 0.29) is 17.2 Å². The highest BCUT2D eigenvalue weighted by atomic mass is 16.3. The first-order valence-corrected chi connectivity index (χ1v) is 7.03. The van der Waals surface area contributed by atoms with Gasteiger partial charge in [-0.05, 0) is 30.3 Å². The van der Waals surface area contributed by atoms with E-state index in [1.807, 2.05) is 0 Å². The highest BCUT2D eigenvalue weighted by Crippen LogP contribution is 2.43. The third-order valence-electron chi connectivity index (χ3n) is 4.26. The van der Waals surface area contributed by atoms with Crippen LogP contribution in [-0.4, -0.2) is 15.3 Å². The minimum Gasteiger partial charge on any atom is -0.507 e. The Kier molecular flexibility index (Phi) is 2.07. The van der Waals surface area contributed by atoms with Gasteiger partial charge in [-0.15, -0.1) is 0 Å². The number of hydrogen-bond donors (Lipinski definition) is 3. The number of phenolic OH excluding ortho intramolecular Hbond substituents is 3. The molecule has 0 aliphatic carbocycles. The van der Waals surface area contributed by atoms with Crippen molar-refractivity contribution in [2.45, 2.75) is 0 Å². The predicted molar refractivity (Wildman–Crippen MR) is 86.0 cm³/mol. The second-order valence-electron chi connectivity index (χ2n) is 5.53. The largest absolute Gasteiger partial charge is 0.507 e. The summed E-state index contributed by atoms with van der Waals surface area (Å²) in [6, 6.07) is 9.62. The standard InChI is InChI=1S/C18H10O5/c19-12-1-2-13(20)10-6-15-11(5-9(10)12)17-16(23-15)7-14-8(18(17)21)3-4-22-14/h1-7,19-21H. The molecule has 0 fully saturated rings. The molecule has 23 heavy (non-hydrogen) atoms. The number of rotatable bonds is 0. The third kappa shape index (κ3) is 1.46. The van der Waals surface area contributed by atoms with E-state index in [2.05, 4.69) is 0 Å². The Hall–Kier alpha value is -3.34. The Labute approximate surface area is 128 Å². The zero-order chi connectivity index (χ0) is 15.7. The lowest BCUT2D eigenvalue weighted by Gasteiger charge is -2.03. The molecule has 0 atom stereocenters. The van der Waals surface area contributed by atoms with Gasteiger partial charge in [0.15, 0.2) is 0 Å². The van der Waals surface area contributed by atoms with Crippen LogP contribution in [0.3, 0.4) is 0 Å². The number of aromatic hydroxyl groups is 3. The molecule has 0 radical (unpaired) electrons. The summed E-state index contributed by atoms with van der Waals surface area (Å²) < 4.78 is 11.1. The topological polar surface area (TPSA) is 87.0 Å². The maximum Gasteiger partial charge on any atom is 0.142 e. The number of furan rings is 2. The Morgan fingerprint density at radius 1 is 0.652 bits per heavy atom. The van der Waals surface area contributed by atoms with Crippen LogP contribution in [0.15, 0.2) is 51.5 Å². The first-order valence-electron chi connectivity index (χ1n) is 7.03. The van der Waals surface area contributed by atoms with Gasteiger partial charge in [0.05, 0.1) is 17.0 Å². The zero-order valence-corrected chi connectivity index (χ0v) is 11.7. The molecule has 0 aliphatic heterocycles. The van der Waals surface area contributed by atoms with Gasteiger partial charge < -0.3 is 24.2 Å². The van der Waals surface area contributed by atoms with Crippen LogP contribution < -0.4 is 0 Å². The van der Waals surface area contributed by atoms with Crippen molar-refractivity contribution >= 4 is 43.7 Å². The molecule has 5 rings (SSSR count). The molecule has 5 aromatic rings. The monoisotopic (exact) mass is 306 g/mol. The summed E-state index contributed by atoms with van der Waals surface area (Å²) >= 11 is 0. The molecule has 3 N–H and O–H groups in total. The molecule has 0 amide bonds. The molecule has 0 aliphatic rings. The molecule has 0 unspecified atom stereocenters. The highest BCUT2D eigenvalue weighted by Gasteiger charge is 2.18. The lowest BCUT2D eigenvalue weighted by molar-refractivity contribution is 0.469. The van der Waals surface area contributed by atoms with Crippen LogP contribution in [0.2, 0.25) is 0 Å². The van der Waals surface area contributed by atoms with Crippen molar-refractivity contribution in [1.29, 1.82) is 0 Å². The van der Waals surface area contributed by atoms with Crippen LogP contribution in [0.4, 0.5) is 0 Å². The summed E-state index contributed by atoms with van der Waals surface area (Å²) in [6.45, 7) is 0. The molecule has 2 aromatic heterocycles. The van der Waals surface area contributed by atoms with Crippen LogP contribution in [0.1, 0.15) is 0 Å². The van der Waals surface area contributed by atoms with Gasteiger partial charge in [-0.2, -0.15) is 0 Å². The van der Waals surface area contributed by atoms with Gasteiger partial charge in [0, 0.05) is 22.2 Å².